The number of carbonyl (C=O) groups is 1. The van der Waals surface area contributed by atoms with Gasteiger partial charge in [-0.1, -0.05) is 15.9 Å². The van der Waals surface area contributed by atoms with Gasteiger partial charge in [0.05, 0.1) is 17.8 Å². The fourth-order valence-electron chi connectivity index (χ4n) is 1.42. The van der Waals surface area contributed by atoms with Gasteiger partial charge >= 0.3 is 5.88 Å². The number of nitro groups is 1. The summed E-state index contributed by atoms with van der Waals surface area (Å²) < 4.78 is 5.44. The summed E-state index contributed by atoms with van der Waals surface area (Å²) >= 11 is 3.15. The lowest BCUT2D eigenvalue weighted by Crippen LogP contribution is -2.17. The normalized spacial score (nSPS) is 10.7. The van der Waals surface area contributed by atoms with Gasteiger partial charge in [-0.05, 0) is 24.3 Å². The number of benzene rings is 1. The first-order valence-electron chi connectivity index (χ1n) is 5.53. The molecule has 1 aromatic heterocycles. The van der Waals surface area contributed by atoms with Crippen LogP contribution in [0.3, 0.4) is 0 Å². The predicted octanol–water partition coefficient (Wildman–Crippen LogP) is 2.42. The van der Waals surface area contributed by atoms with Gasteiger partial charge in [-0.25, -0.2) is 5.43 Å². The average molecular weight is 354 g/mol. The van der Waals surface area contributed by atoms with Crippen molar-refractivity contribution in [2.75, 3.05) is 0 Å². The third kappa shape index (κ3) is 3.66. The van der Waals surface area contributed by atoms with Gasteiger partial charge in [-0.2, -0.15) is 5.10 Å². The van der Waals surface area contributed by atoms with Gasteiger partial charge in [0.1, 0.15) is 10.7 Å². The number of phenols is 1. The molecule has 0 spiro atoms. The second-order valence-corrected chi connectivity index (χ2v) is 4.71. The van der Waals surface area contributed by atoms with Gasteiger partial charge in [0.25, 0.3) is 5.91 Å². The highest BCUT2D eigenvalue weighted by Crippen LogP contribution is 2.22. The lowest BCUT2D eigenvalue weighted by Gasteiger charge is -2.02. The van der Waals surface area contributed by atoms with E-state index < -0.39 is 16.7 Å². The Morgan fingerprint density at radius 3 is 2.81 bits per heavy atom. The van der Waals surface area contributed by atoms with E-state index in [0.29, 0.717) is 4.47 Å². The van der Waals surface area contributed by atoms with Crippen LogP contribution in [0.25, 0.3) is 0 Å². The predicted molar refractivity (Wildman–Crippen MR) is 76.2 cm³/mol. The van der Waals surface area contributed by atoms with E-state index in [9.17, 15) is 20.0 Å². The molecule has 0 aliphatic heterocycles. The minimum absolute atomic E-state index is 0.0424. The van der Waals surface area contributed by atoms with Gasteiger partial charge in [0.15, 0.2) is 5.76 Å². The zero-order valence-electron chi connectivity index (χ0n) is 10.3. The molecule has 1 amide bonds. The highest BCUT2D eigenvalue weighted by atomic mass is 79.9. The Kier molecular flexibility index (Phi) is 4.33. The van der Waals surface area contributed by atoms with Crippen molar-refractivity contribution in [1.29, 1.82) is 0 Å². The van der Waals surface area contributed by atoms with E-state index in [1.165, 1.54) is 24.3 Å². The molecule has 0 fully saturated rings. The lowest BCUT2D eigenvalue weighted by molar-refractivity contribution is -0.402. The number of amides is 1. The van der Waals surface area contributed by atoms with Crippen LogP contribution >= 0.6 is 15.9 Å². The van der Waals surface area contributed by atoms with Crippen LogP contribution in [0.4, 0.5) is 5.88 Å². The Labute approximate surface area is 126 Å². The number of nitrogens with one attached hydrogen (secondary N) is 1. The van der Waals surface area contributed by atoms with Crippen LogP contribution in [-0.2, 0) is 0 Å². The van der Waals surface area contributed by atoms with E-state index in [1.807, 2.05) is 0 Å². The van der Waals surface area contributed by atoms with Gasteiger partial charge in [-0.3, -0.25) is 14.9 Å². The van der Waals surface area contributed by atoms with Crippen LogP contribution < -0.4 is 5.43 Å². The van der Waals surface area contributed by atoms with E-state index in [-0.39, 0.29) is 17.1 Å². The smallest absolute Gasteiger partial charge is 0.433 e. The van der Waals surface area contributed by atoms with Crippen molar-refractivity contribution >= 4 is 33.9 Å². The molecule has 9 heteroatoms. The van der Waals surface area contributed by atoms with E-state index >= 15 is 0 Å². The molecular weight excluding hydrogens is 346 g/mol. The van der Waals surface area contributed by atoms with E-state index in [0.717, 1.165) is 6.21 Å². The number of aromatic hydroxyl groups is 1. The summed E-state index contributed by atoms with van der Waals surface area (Å²) in [6.07, 6.45) is 1.11. The molecule has 0 unspecified atom stereocenters. The maximum Gasteiger partial charge on any atom is 0.433 e. The summed E-state index contributed by atoms with van der Waals surface area (Å²) in [5.41, 5.74) is 2.21. The Hall–Kier alpha value is -2.68. The molecule has 0 aliphatic carbocycles. The SMILES string of the molecule is O=C(N/N=C/c1ccc([N+](=O)[O-])o1)c1ccc(Br)cc1O. The molecule has 2 aromatic rings. The van der Waals surface area contributed by atoms with Crippen molar-refractivity contribution in [3.8, 4) is 5.75 Å². The third-order valence-corrected chi connectivity index (χ3v) is 2.85. The van der Waals surface area contributed by atoms with Crippen molar-refractivity contribution in [1.82, 2.24) is 5.43 Å². The van der Waals surface area contributed by atoms with Crippen molar-refractivity contribution in [3.05, 3.63) is 56.2 Å². The molecular formula is C12H8BrN3O5. The first-order valence-corrected chi connectivity index (χ1v) is 6.33. The monoisotopic (exact) mass is 353 g/mol. The van der Waals surface area contributed by atoms with Crippen molar-refractivity contribution < 1.29 is 19.2 Å². The molecule has 0 atom stereocenters. The summed E-state index contributed by atoms with van der Waals surface area (Å²) in [5.74, 6) is -1.14. The van der Waals surface area contributed by atoms with Crippen LogP contribution in [-0.4, -0.2) is 22.2 Å². The standard InChI is InChI=1S/C12H8BrN3O5/c13-7-1-3-9(10(17)5-7)12(18)15-14-6-8-2-4-11(21-8)16(19)20/h1-6,17H,(H,15,18)/b14-6+. The van der Waals surface area contributed by atoms with Crippen LogP contribution in [0, 0.1) is 10.1 Å². The molecule has 21 heavy (non-hydrogen) atoms. The number of hydrazone groups is 1. The molecule has 1 heterocycles. The highest BCUT2D eigenvalue weighted by Gasteiger charge is 2.12. The minimum Gasteiger partial charge on any atom is -0.507 e. The first-order chi connectivity index (χ1) is 9.97. The minimum atomic E-state index is -0.685. The second kappa shape index (κ2) is 6.18. The van der Waals surface area contributed by atoms with Gasteiger partial charge in [0.2, 0.25) is 0 Å². The Bertz CT molecular complexity index is 725. The summed E-state index contributed by atoms with van der Waals surface area (Å²) in [6.45, 7) is 0. The molecule has 108 valence electrons. The Balaban J connectivity index is 2.03. The summed E-state index contributed by atoms with van der Waals surface area (Å²) in [5, 5.41) is 23.6. The largest absolute Gasteiger partial charge is 0.507 e. The second-order valence-electron chi connectivity index (χ2n) is 3.79. The maximum absolute atomic E-state index is 11.7. The fourth-order valence-corrected chi connectivity index (χ4v) is 1.77. The number of furan rings is 1. The molecule has 2 rings (SSSR count). The lowest BCUT2D eigenvalue weighted by atomic mass is 10.2. The maximum atomic E-state index is 11.7. The first kappa shape index (κ1) is 14.7. The molecule has 8 nitrogen and oxygen atoms in total. The Morgan fingerprint density at radius 2 is 2.19 bits per heavy atom. The van der Waals surface area contributed by atoms with Gasteiger partial charge in [-0.15, -0.1) is 0 Å². The Morgan fingerprint density at radius 1 is 1.43 bits per heavy atom. The molecule has 2 N–H and O–H groups in total. The summed E-state index contributed by atoms with van der Waals surface area (Å²) in [7, 11) is 0. The van der Waals surface area contributed by atoms with Crippen molar-refractivity contribution in [2.24, 2.45) is 5.10 Å². The van der Waals surface area contributed by atoms with Crippen LogP contribution in [0.1, 0.15) is 16.1 Å². The van der Waals surface area contributed by atoms with Crippen molar-refractivity contribution in [3.63, 3.8) is 0 Å². The summed E-state index contributed by atoms with van der Waals surface area (Å²) in [6, 6.07) is 6.89. The molecule has 0 aliphatic rings. The quantitative estimate of drug-likeness (QED) is 0.497. The number of halogens is 1. The van der Waals surface area contributed by atoms with Crippen molar-refractivity contribution in [2.45, 2.75) is 0 Å². The van der Waals surface area contributed by atoms with Crippen LogP contribution in [0.2, 0.25) is 0 Å². The average Bonchev–Trinajstić information content (AvgIpc) is 2.87. The molecule has 0 saturated carbocycles. The number of phenolic OH excluding ortho intramolecular Hbond substituents is 1. The zero-order chi connectivity index (χ0) is 15.4. The van der Waals surface area contributed by atoms with Crippen LogP contribution in [0.15, 0.2) is 44.3 Å². The molecule has 0 saturated heterocycles. The zero-order valence-corrected chi connectivity index (χ0v) is 11.9. The third-order valence-electron chi connectivity index (χ3n) is 2.35. The number of hydrogen-bond acceptors (Lipinski definition) is 6. The van der Waals surface area contributed by atoms with Gasteiger partial charge < -0.3 is 9.52 Å². The van der Waals surface area contributed by atoms with E-state index in [2.05, 4.69) is 26.5 Å². The van der Waals surface area contributed by atoms with E-state index in [4.69, 9.17) is 4.42 Å². The highest BCUT2D eigenvalue weighted by molar-refractivity contribution is 9.10. The fraction of sp³-hybridized carbons (Fsp3) is 0. The molecule has 0 bridgehead atoms. The number of carbonyl (C=O) groups excluding carboxylic acids is 1. The summed E-state index contributed by atoms with van der Waals surface area (Å²) in [4.78, 5) is 21.5. The topological polar surface area (TPSA) is 118 Å². The number of rotatable bonds is 4. The number of nitrogens with zero attached hydrogens (tertiary/aromatic N) is 2. The van der Waals surface area contributed by atoms with E-state index in [1.54, 1.807) is 6.07 Å². The molecule has 0 radical (unpaired) electrons. The number of hydrogen-bond donors (Lipinski definition) is 2. The van der Waals surface area contributed by atoms with Crippen LogP contribution in [0.5, 0.6) is 5.75 Å². The molecule has 1 aromatic carbocycles. The van der Waals surface area contributed by atoms with Gasteiger partial charge in [0, 0.05) is 4.47 Å².